The zero-order chi connectivity index (χ0) is 7.61. The van der Waals surface area contributed by atoms with Gasteiger partial charge in [0.25, 0.3) is 0 Å². The lowest BCUT2D eigenvalue weighted by atomic mass is 9.83. The number of methoxy groups -OCH3 is 1. The van der Waals surface area contributed by atoms with Crippen LogP contribution in [0.1, 0.15) is 13.8 Å². The second-order valence-corrected chi connectivity index (χ2v) is 3.77. The van der Waals surface area contributed by atoms with Crippen LogP contribution < -0.4 is 5.32 Å². The summed E-state index contributed by atoms with van der Waals surface area (Å²) >= 11 is 0. The fraction of sp³-hybridized carbons (Fsp3) is 1.00. The van der Waals surface area contributed by atoms with Crippen LogP contribution >= 0.6 is 0 Å². The van der Waals surface area contributed by atoms with Gasteiger partial charge in [-0.05, 0) is 5.41 Å². The molecule has 1 aliphatic heterocycles. The summed E-state index contributed by atoms with van der Waals surface area (Å²) in [6.07, 6.45) is 0. The summed E-state index contributed by atoms with van der Waals surface area (Å²) in [5, 5.41) is 3.37. The predicted octanol–water partition coefficient (Wildman–Crippen LogP) is 0.878. The minimum absolute atomic E-state index is 0.427. The summed E-state index contributed by atoms with van der Waals surface area (Å²) in [6, 6.07) is 0. The highest BCUT2D eigenvalue weighted by molar-refractivity contribution is 4.87. The zero-order valence-corrected chi connectivity index (χ0v) is 7.11. The van der Waals surface area contributed by atoms with Crippen molar-refractivity contribution in [3.8, 4) is 0 Å². The highest BCUT2D eigenvalue weighted by Gasteiger charge is 2.33. The predicted molar refractivity (Wildman–Crippen MR) is 42.0 cm³/mol. The number of hydrogen-bond acceptors (Lipinski definition) is 2. The first-order chi connectivity index (χ1) is 4.67. The molecule has 1 fully saturated rings. The Morgan fingerprint density at radius 2 is 2.30 bits per heavy atom. The molecule has 2 nitrogen and oxygen atoms in total. The van der Waals surface area contributed by atoms with Gasteiger partial charge in [-0.3, -0.25) is 0 Å². The number of nitrogens with one attached hydrogen (secondary N) is 1. The van der Waals surface area contributed by atoms with E-state index in [9.17, 15) is 0 Å². The molecule has 0 radical (unpaired) electrons. The van der Waals surface area contributed by atoms with E-state index in [0.717, 1.165) is 19.7 Å². The van der Waals surface area contributed by atoms with Gasteiger partial charge in [-0.2, -0.15) is 0 Å². The lowest BCUT2D eigenvalue weighted by molar-refractivity contribution is 0.112. The molecule has 1 N–H and O–H groups in total. The van der Waals surface area contributed by atoms with E-state index in [4.69, 9.17) is 4.74 Å². The van der Waals surface area contributed by atoms with E-state index >= 15 is 0 Å². The van der Waals surface area contributed by atoms with Crippen LogP contribution in [0.5, 0.6) is 0 Å². The topological polar surface area (TPSA) is 21.3 Å². The van der Waals surface area contributed by atoms with Gasteiger partial charge in [0.05, 0.1) is 6.61 Å². The largest absolute Gasteiger partial charge is 0.384 e. The first-order valence-electron chi connectivity index (χ1n) is 3.86. The van der Waals surface area contributed by atoms with E-state index in [1.807, 2.05) is 0 Å². The van der Waals surface area contributed by atoms with E-state index in [-0.39, 0.29) is 0 Å². The molecule has 0 bridgehead atoms. The van der Waals surface area contributed by atoms with E-state index in [1.165, 1.54) is 0 Å². The van der Waals surface area contributed by atoms with Crippen molar-refractivity contribution < 1.29 is 4.74 Å². The van der Waals surface area contributed by atoms with Crippen LogP contribution in [0.15, 0.2) is 0 Å². The number of ether oxygens (including phenoxy) is 1. The van der Waals surface area contributed by atoms with E-state index in [2.05, 4.69) is 19.2 Å². The highest BCUT2D eigenvalue weighted by Crippen LogP contribution is 2.29. The van der Waals surface area contributed by atoms with Gasteiger partial charge in [0.15, 0.2) is 0 Å². The maximum atomic E-state index is 5.12. The number of hydrogen-bond donors (Lipinski definition) is 1. The Hall–Kier alpha value is -0.0800. The molecule has 0 aliphatic carbocycles. The quantitative estimate of drug-likeness (QED) is 0.619. The van der Waals surface area contributed by atoms with Gasteiger partial charge in [0.1, 0.15) is 0 Å². The second-order valence-electron chi connectivity index (χ2n) is 3.77. The molecule has 1 aliphatic rings. The third-order valence-corrected chi connectivity index (χ3v) is 2.44. The first kappa shape index (κ1) is 8.02. The van der Waals surface area contributed by atoms with E-state index in [0.29, 0.717) is 11.3 Å². The van der Waals surface area contributed by atoms with Crippen molar-refractivity contribution in [1.82, 2.24) is 5.32 Å². The highest BCUT2D eigenvalue weighted by atomic mass is 16.5. The molecular formula is C8H17NO. The van der Waals surface area contributed by atoms with Crippen LogP contribution in [0.2, 0.25) is 0 Å². The smallest absolute Gasteiger partial charge is 0.0508 e. The van der Waals surface area contributed by atoms with Crippen LogP contribution in [-0.2, 0) is 4.74 Å². The molecule has 1 saturated heterocycles. The molecule has 1 rings (SSSR count). The maximum Gasteiger partial charge on any atom is 0.0508 e. The van der Waals surface area contributed by atoms with Crippen molar-refractivity contribution >= 4 is 0 Å². The van der Waals surface area contributed by atoms with E-state index in [1.54, 1.807) is 7.11 Å². The monoisotopic (exact) mass is 143 g/mol. The zero-order valence-electron chi connectivity index (χ0n) is 7.11. The molecule has 0 aromatic carbocycles. The van der Waals surface area contributed by atoms with Crippen molar-refractivity contribution in [2.75, 3.05) is 26.8 Å². The van der Waals surface area contributed by atoms with Gasteiger partial charge in [-0.15, -0.1) is 0 Å². The fourth-order valence-electron chi connectivity index (χ4n) is 1.47. The molecule has 1 atom stereocenters. The van der Waals surface area contributed by atoms with Crippen LogP contribution in [-0.4, -0.2) is 26.8 Å². The van der Waals surface area contributed by atoms with Gasteiger partial charge in [0.2, 0.25) is 0 Å². The van der Waals surface area contributed by atoms with Crippen molar-refractivity contribution in [2.45, 2.75) is 13.8 Å². The minimum atomic E-state index is 0.427. The molecule has 2 heteroatoms. The molecule has 10 heavy (non-hydrogen) atoms. The molecule has 0 unspecified atom stereocenters. The second kappa shape index (κ2) is 2.89. The molecule has 0 aromatic rings. The Labute approximate surface area is 63.0 Å². The summed E-state index contributed by atoms with van der Waals surface area (Å²) in [4.78, 5) is 0. The molecular weight excluding hydrogens is 126 g/mol. The van der Waals surface area contributed by atoms with Gasteiger partial charge < -0.3 is 10.1 Å². The summed E-state index contributed by atoms with van der Waals surface area (Å²) in [5.74, 6) is 0.692. The van der Waals surface area contributed by atoms with Crippen LogP contribution in [0.25, 0.3) is 0 Å². The Bertz CT molecular complexity index is 112. The lowest BCUT2D eigenvalue weighted by Gasteiger charge is -2.24. The average molecular weight is 143 g/mol. The Kier molecular flexibility index (Phi) is 2.32. The Balaban J connectivity index is 2.43. The fourth-order valence-corrected chi connectivity index (χ4v) is 1.47. The average Bonchev–Trinajstić information content (AvgIpc) is 2.13. The van der Waals surface area contributed by atoms with Crippen LogP contribution in [0, 0.1) is 11.3 Å². The van der Waals surface area contributed by atoms with Crippen LogP contribution in [0.4, 0.5) is 0 Å². The Morgan fingerprint density at radius 3 is 2.70 bits per heavy atom. The van der Waals surface area contributed by atoms with Crippen molar-refractivity contribution in [3.63, 3.8) is 0 Å². The normalized spacial score (nSPS) is 30.9. The third-order valence-electron chi connectivity index (χ3n) is 2.44. The summed E-state index contributed by atoms with van der Waals surface area (Å²) < 4.78 is 5.12. The summed E-state index contributed by atoms with van der Waals surface area (Å²) in [7, 11) is 1.77. The number of rotatable bonds is 2. The lowest BCUT2D eigenvalue weighted by Crippen LogP contribution is -2.25. The molecule has 0 spiro atoms. The van der Waals surface area contributed by atoms with Gasteiger partial charge in [-0.1, -0.05) is 13.8 Å². The van der Waals surface area contributed by atoms with Crippen molar-refractivity contribution in [3.05, 3.63) is 0 Å². The molecule has 0 amide bonds. The summed E-state index contributed by atoms with van der Waals surface area (Å²) in [6.45, 7) is 7.70. The SMILES string of the molecule is COC[C@@H]1CNCC1(C)C. The molecule has 0 saturated carbocycles. The van der Waals surface area contributed by atoms with Gasteiger partial charge in [-0.25, -0.2) is 0 Å². The van der Waals surface area contributed by atoms with Crippen LogP contribution in [0.3, 0.4) is 0 Å². The summed E-state index contributed by atoms with van der Waals surface area (Å²) in [5.41, 5.74) is 0.427. The van der Waals surface area contributed by atoms with Crippen molar-refractivity contribution in [2.24, 2.45) is 11.3 Å². The maximum absolute atomic E-state index is 5.12. The van der Waals surface area contributed by atoms with Gasteiger partial charge >= 0.3 is 0 Å². The standard InChI is InChI=1S/C8H17NO/c1-8(2)6-9-4-7(8)5-10-3/h7,9H,4-6H2,1-3H3/t7-/m0/s1. The van der Waals surface area contributed by atoms with Crippen molar-refractivity contribution in [1.29, 1.82) is 0 Å². The Morgan fingerprint density at radius 1 is 1.60 bits per heavy atom. The third kappa shape index (κ3) is 1.50. The first-order valence-corrected chi connectivity index (χ1v) is 3.86. The van der Waals surface area contributed by atoms with Gasteiger partial charge in [0, 0.05) is 26.1 Å². The molecule has 0 aromatic heterocycles. The minimum Gasteiger partial charge on any atom is -0.384 e. The molecule has 60 valence electrons. The molecule has 1 heterocycles. The van der Waals surface area contributed by atoms with E-state index < -0.39 is 0 Å².